The molecule has 0 amide bonds. The molecule has 0 N–H and O–H groups in total. The highest BCUT2D eigenvalue weighted by atomic mass is 16.5. The van der Waals surface area contributed by atoms with E-state index in [1.807, 2.05) is 0 Å². The SMILES string of the molecule is C=CCOC(=O)c1ccc(Oc2ccccc2C(=O)OCC=C)cc1. The molecule has 0 radical (unpaired) electrons. The van der Waals surface area contributed by atoms with Crippen molar-refractivity contribution in [2.24, 2.45) is 0 Å². The molecule has 0 saturated heterocycles. The average Bonchev–Trinajstić information content (AvgIpc) is 2.65. The number of carbonyl (C=O) groups excluding carboxylic acids is 2. The van der Waals surface area contributed by atoms with Crippen molar-refractivity contribution in [3.05, 3.63) is 85.0 Å². The Morgan fingerprint density at radius 3 is 2.08 bits per heavy atom. The maximum atomic E-state index is 12.0. The van der Waals surface area contributed by atoms with Gasteiger partial charge < -0.3 is 14.2 Å². The molecule has 2 aromatic carbocycles. The lowest BCUT2D eigenvalue weighted by Gasteiger charge is -2.11. The van der Waals surface area contributed by atoms with Gasteiger partial charge in [0.1, 0.15) is 30.3 Å². The molecule has 0 unspecified atom stereocenters. The van der Waals surface area contributed by atoms with Crippen LogP contribution in [0.15, 0.2) is 73.8 Å². The Morgan fingerprint density at radius 1 is 0.840 bits per heavy atom. The van der Waals surface area contributed by atoms with Crippen molar-refractivity contribution in [2.45, 2.75) is 0 Å². The summed E-state index contributed by atoms with van der Waals surface area (Å²) in [5, 5.41) is 0. The summed E-state index contributed by atoms with van der Waals surface area (Å²) in [5.74, 6) is -0.109. The minimum atomic E-state index is -0.500. The number of hydrogen-bond donors (Lipinski definition) is 0. The van der Waals surface area contributed by atoms with Crippen molar-refractivity contribution < 1.29 is 23.8 Å². The van der Waals surface area contributed by atoms with Crippen molar-refractivity contribution in [1.29, 1.82) is 0 Å². The van der Waals surface area contributed by atoms with Gasteiger partial charge in [0, 0.05) is 0 Å². The first-order valence-electron chi connectivity index (χ1n) is 7.58. The van der Waals surface area contributed by atoms with E-state index in [1.165, 1.54) is 12.2 Å². The Morgan fingerprint density at radius 2 is 1.44 bits per heavy atom. The molecule has 5 nitrogen and oxygen atoms in total. The van der Waals surface area contributed by atoms with Gasteiger partial charge in [0.2, 0.25) is 0 Å². The molecule has 0 spiro atoms. The second-order valence-corrected chi connectivity index (χ2v) is 4.90. The van der Waals surface area contributed by atoms with E-state index in [0.29, 0.717) is 22.6 Å². The molecule has 128 valence electrons. The van der Waals surface area contributed by atoms with Gasteiger partial charge in [0.05, 0.1) is 5.56 Å². The van der Waals surface area contributed by atoms with Gasteiger partial charge in [0.25, 0.3) is 0 Å². The third kappa shape index (κ3) is 5.07. The summed E-state index contributed by atoms with van der Waals surface area (Å²) in [6, 6.07) is 13.2. The Labute approximate surface area is 146 Å². The number of hydrogen-bond acceptors (Lipinski definition) is 5. The Bertz CT molecular complexity index is 762. The van der Waals surface area contributed by atoms with E-state index < -0.39 is 11.9 Å². The van der Waals surface area contributed by atoms with Crippen LogP contribution in [0.2, 0.25) is 0 Å². The number of rotatable bonds is 8. The van der Waals surface area contributed by atoms with E-state index in [-0.39, 0.29) is 13.2 Å². The van der Waals surface area contributed by atoms with Crippen LogP contribution in [-0.4, -0.2) is 25.2 Å². The highest BCUT2D eigenvalue weighted by Gasteiger charge is 2.14. The summed E-state index contributed by atoms with van der Waals surface area (Å²) < 4.78 is 15.7. The quantitative estimate of drug-likeness (QED) is 0.534. The molecule has 2 rings (SSSR count). The summed E-state index contributed by atoms with van der Waals surface area (Å²) in [7, 11) is 0. The third-order valence-corrected chi connectivity index (χ3v) is 3.09. The van der Waals surface area contributed by atoms with E-state index in [2.05, 4.69) is 13.2 Å². The van der Waals surface area contributed by atoms with Crippen LogP contribution < -0.4 is 4.74 Å². The largest absolute Gasteiger partial charge is 0.458 e. The van der Waals surface area contributed by atoms with Gasteiger partial charge in [-0.2, -0.15) is 0 Å². The zero-order chi connectivity index (χ0) is 18.1. The molecule has 0 aliphatic carbocycles. The molecule has 0 fully saturated rings. The van der Waals surface area contributed by atoms with Crippen LogP contribution >= 0.6 is 0 Å². The summed E-state index contributed by atoms with van der Waals surface area (Å²) in [6.45, 7) is 7.26. The zero-order valence-electron chi connectivity index (χ0n) is 13.6. The minimum absolute atomic E-state index is 0.120. The highest BCUT2D eigenvalue weighted by Crippen LogP contribution is 2.26. The average molecular weight is 338 g/mol. The van der Waals surface area contributed by atoms with Gasteiger partial charge in [-0.05, 0) is 36.4 Å². The highest BCUT2D eigenvalue weighted by molar-refractivity contribution is 5.92. The molecular weight excluding hydrogens is 320 g/mol. The zero-order valence-corrected chi connectivity index (χ0v) is 13.6. The van der Waals surface area contributed by atoms with Gasteiger partial charge in [-0.15, -0.1) is 0 Å². The van der Waals surface area contributed by atoms with Crippen molar-refractivity contribution in [3.8, 4) is 11.5 Å². The van der Waals surface area contributed by atoms with Crippen molar-refractivity contribution in [3.63, 3.8) is 0 Å². The van der Waals surface area contributed by atoms with E-state index in [4.69, 9.17) is 14.2 Å². The monoisotopic (exact) mass is 338 g/mol. The normalized spacial score (nSPS) is 9.76. The Balaban J connectivity index is 2.12. The molecule has 0 aromatic heterocycles. The van der Waals surface area contributed by atoms with Gasteiger partial charge in [0.15, 0.2) is 0 Å². The van der Waals surface area contributed by atoms with Crippen LogP contribution in [0.3, 0.4) is 0 Å². The second kappa shape index (κ2) is 9.08. The predicted molar refractivity (Wildman–Crippen MR) is 93.9 cm³/mol. The van der Waals surface area contributed by atoms with E-state index in [1.54, 1.807) is 48.5 Å². The van der Waals surface area contributed by atoms with Crippen LogP contribution in [0.4, 0.5) is 0 Å². The van der Waals surface area contributed by atoms with Crippen molar-refractivity contribution in [2.75, 3.05) is 13.2 Å². The fourth-order valence-corrected chi connectivity index (χ4v) is 1.94. The lowest BCUT2D eigenvalue weighted by molar-refractivity contribution is 0.0539. The van der Waals surface area contributed by atoms with Crippen LogP contribution in [-0.2, 0) is 9.47 Å². The molecule has 2 aromatic rings. The van der Waals surface area contributed by atoms with Crippen LogP contribution in [0.5, 0.6) is 11.5 Å². The topological polar surface area (TPSA) is 61.8 Å². The van der Waals surface area contributed by atoms with E-state index >= 15 is 0 Å². The third-order valence-electron chi connectivity index (χ3n) is 3.09. The van der Waals surface area contributed by atoms with Crippen LogP contribution in [0, 0.1) is 0 Å². The van der Waals surface area contributed by atoms with Gasteiger partial charge in [-0.3, -0.25) is 0 Å². The summed E-state index contributed by atoms with van der Waals surface area (Å²) in [6.07, 6.45) is 2.99. The summed E-state index contributed by atoms with van der Waals surface area (Å²) in [5.41, 5.74) is 0.701. The second-order valence-electron chi connectivity index (χ2n) is 4.90. The molecule has 0 atom stereocenters. The smallest absolute Gasteiger partial charge is 0.342 e. The molecule has 0 bridgehead atoms. The Hall–Kier alpha value is -3.34. The molecule has 5 heteroatoms. The van der Waals surface area contributed by atoms with Gasteiger partial charge in [-0.25, -0.2) is 9.59 Å². The van der Waals surface area contributed by atoms with Crippen molar-refractivity contribution in [1.82, 2.24) is 0 Å². The molecule has 0 aliphatic rings. The lowest BCUT2D eigenvalue weighted by Crippen LogP contribution is -2.07. The minimum Gasteiger partial charge on any atom is -0.458 e. The fraction of sp³-hybridized carbons (Fsp3) is 0.100. The Kier molecular flexibility index (Phi) is 6.54. The molecule has 0 aliphatic heterocycles. The first kappa shape index (κ1) is 18.0. The molecule has 0 heterocycles. The van der Waals surface area contributed by atoms with E-state index in [9.17, 15) is 9.59 Å². The number of esters is 2. The van der Waals surface area contributed by atoms with Crippen molar-refractivity contribution >= 4 is 11.9 Å². The fourth-order valence-electron chi connectivity index (χ4n) is 1.94. The first-order valence-corrected chi connectivity index (χ1v) is 7.58. The maximum absolute atomic E-state index is 12.0. The molecule has 0 saturated carbocycles. The van der Waals surface area contributed by atoms with Gasteiger partial charge in [-0.1, -0.05) is 37.4 Å². The number of ether oxygens (including phenoxy) is 3. The number of carbonyl (C=O) groups is 2. The summed E-state index contributed by atoms with van der Waals surface area (Å²) in [4.78, 5) is 23.8. The number of para-hydroxylation sites is 1. The standard InChI is InChI=1S/C20H18O5/c1-3-13-23-19(21)15-9-11-16(12-10-15)25-18-8-6-5-7-17(18)20(22)24-14-4-2/h3-12H,1-2,13-14H2. The van der Waals surface area contributed by atoms with Gasteiger partial charge >= 0.3 is 11.9 Å². The van der Waals surface area contributed by atoms with E-state index in [0.717, 1.165) is 0 Å². The molecule has 25 heavy (non-hydrogen) atoms. The predicted octanol–water partition coefficient (Wildman–Crippen LogP) is 4.16. The first-order chi connectivity index (χ1) is 12.2. The van der Waals surface area contributed by atoms with Crippen LogP contribution in [0.25, 0.3) is 0 Å². The maximum Gasteiger partial charge on any atom is 0.342 e. The summed E-state index contributed by atoms with van der Waals surface area (Å²) >= 11 is 0. The lowest BCUT2D eigenvalue weighted by atomic mass is 10.2. The van der Waals surface area contributed by atoms with Crippen LogP contribution in [0.1, 0.15) is 20.7 Å². The number of benzene rings is 2. The molecular formula is C20H18O5.